The average Bonchev–Trinajstić information content (AvgIpc) is 2.42. The first kappa shape index (κ1) is 15.3. The number of rotatable bonds is 3. The quantitative estimate of drug-likeness (QED) is 0.925. The number of ether oxygens (including phenoxy) is 1. The highest BCUT2D eigenvalue weighted by atomic mass is 19.1. The number of methoxy groups -OCH3 is 1. The zero-order chi connectivity index (χ0) is 15.8. The first-order valence-electron chi connectivity index (χ1n) is 6.81. The van der Waals surface area contributed by atoms with Crippen molar-refractivity contribution in [1.82, 2.24) is 5.32 Å². The van der Waals surface area contributed by atoms with Crippen molar-refractivity contribution in [3.63, 3.8) is 0 Å². The van der Waals surface area contributed by atoms with E-state index in [1.54, 1.807) is 19.9 Å². The summed E-state index contributed by atoms with van der Waals surface area (Å²) in [7, 11) is 1.37. The highest BCUT2D eigenvalue weighted by molar-refractivity contribution is 6.10. The SMILES string of the molecule is CCC1C(=O)NC(C)(C)C(=O)N1c1ccc(OC)c(F)c1. The fourth-order valence-corrected chi connectivity index (χ4v) is 2.48. The predicted molar refractivity (Wildman–Crippen MR) is 76.7 cm³/mol. The van der Waals surface area contributed by atoms with E-state index in [2.05, 4.69) is 5.32 Å². The van der Waals surface area contributed by atoms with E-state index in [0.29, 0.717) is 12.1 Å². The Morgan fingerprint density at radius 3 is 2.57 bits per heavy atom. The Balaban J connectivity index is 2.49. The number of anilines is 1. The summed E-state index contributed by atoms with van der Waals surface area (Å²) in [5.74, 6) is -0.974. The molecule has 21 heavy (non-hydrogen) atoms. The van der Waals surface area contributed by atoms with Gasteiger partial charge in [-0.05, 0) is 32.4 Å². The standard InChI is InChI=1S/C15H19FN2O3/c1-5-11-13(19)17-15(2,3)14(20)18(11)9-6-7-12(21-4)10(16)8-9/h6-8,11H,5H2,1-4H3,(H,17,19). The Kier molecular flexibility index (Phi) is 3.89. The summed E-state index contributed by atoms with van der Waals surface area (Å²) in [5.41, 5.74) is -0.660. The lowest BCUT2D eigenvalue weighted by atomic mass is 9.95. The molecular formula is C15H19FN2O3. The summed E-state index contributed by atoms with van der Waals surface area (Å²) in [4.78, 5) is 26.1. The smallest absolute Gasteiger partial charge is 0.252 e. The Morgan fingerprint density at radius 2 is 2.05 bits per heavy atom. The molecule has 1 aliphatic heterocycles. The Labute approximate surface area is 123 Å². The first-order valence-corrected chi connectivity index (χ1v) is 6.81. The minimum atomic E-state index is -1.01. The number of piperazine rings is 1. The largest absolute Gasteiger partial charge is 0.494 e. The lowest BCUT2D eigenvalue weighted by molar-refractivity contribution is -0.137. The second-order valence-electron chi connectivity index (χ2n) is 5.53. The average molecular weight is 294 g/mol. The number of hydrogen-bond donors (Lipinski definition) is 1. The van der Waals surface area contributed by atoms with Crippen LogP contribution < -0.4 is 15.0 Å². The molecule has 0 saturated carbocycles. The molecule has 1 fully saturated rings. The van der Waals surface area contributed by atoms with Gasteiger partial charge in [0.15, 0.2) is 11.6 Å². The third-order valence-electron chi connectivity index (χ3n) is 3.60. The van der Waals surface area contributed by atoms with Crippen LogP contribution in [0.5, 0.6) is 5.75 Å². The molecule has 1 atom stereocenters. The first-order chi connectivity index (χ1) is 9.81. The van der Waals surface area contributed by atoms with Crippen molar-refractivity contribution in [3.8, 4) is 5.75 Å². The molecule has 1 aromatic carbocycles. The zero-order valence-corrected chi connectivity index (χ0v) is 12.6. The van der Waals surface area contributed by atoms with E-state index in [-0.39, 0.29) is 17.6 Å². The second-order valence-corrected chi connectivity index (χ2v) is 5.53. The number of nitrogens with one attached hydrogen (secondary N) is 1. The van der Waals surface area contributed by atoms with Crippen LogP contribution >= 0.6 is 0 Å². The highest BCUT2D eigenvalue weighted by Crippen LogP contribution is 2.30. The fourth-order valence-electron chi connectivity index (χ4n) is 2.48. The van der Waals surface area contributed by atoms with Crippen molar-refractivity contribution in [2.45, 2.75) is 38.8 Å². The second kappa shape index (κ2) is 5.35. The van der Waals surface area contributed by atoms with E-state index in [4.69, 9.17) is 4.74 Å². The molecule has 1 heterocycles. The topological polar surface area (TPSA) is 58.6 Å². The van der Waals surface area contributed by atoms with Crippen molar-refractivity contribution in [2.24, 2.45) is 0 Å². The maximum Gasteiger partial charge on any atom is 0.252 e. The van der Waals surface area contributed by atoms with Crippen LogP contribution in [0.3, 0.4) is 0 Å². The van der Waals surface area contributed by atoms with E-state index in [9.17, 15) is 14.0 Å². The molecule has 0 bridgehead atoms. The molecule has 114 valence electrons. The fraction of sp³-hybridized carbons (Fsp3) is 0.467. The number of halogens is 1. The lowest BCUT2D eigenvalue weighted by Crippen LogP contribution is -2.68. The van der Waals surface area contributed by atoms with Crippen LogP contribution in [0.15, 0.2) is 18.2 Å². The minimum absolute atomic E-state index is 0.0972. The molecule has 1 unspecified atom stereocenters. The van der Waals surface area contributed by atoms with Crippen molar-refractivity contribution < 1.29 is 18.7 Å². The Bertz CT molecular complexity index is 586. The molecule has 2 amide bonds. The molecule has 0 spiro atoms. The van der Waals surface area contributed by atoms with E-state index < -0.39 is 17.4 Å². The van der Waals surface area contributed by atoms with Crippen molar-refractivity contribution in [3.05, 3.63) is 24.0 Å². The maximum absolute atomic E-state index is 13.9. The predicted octanol–water partition coefficient (Wildman–Crippen LogP) is 1.85. The minimum Gasteiger partial charge on any atom is -0.494 e. The molecule has 0 radical (unpaired) electrons. The van der Waals surface area contributed by atoms with Gasteiger partial charge in [-0.25, -0.2) is 4.39 Å². The zero-order valence-electron chi connectivity index (χ0n) is 12.6. The van der Waals surface area contributed by atoms with Gasteiger partial charge in [-0.1, -0.05) is 6.92 Å². The Morgan fingerprint density at radius 1 is 1.38 bits per heavy atom. The van der Waals surface area contributed by atoms with Gasteiger partial charge in [0.05, 0.1) is 7.11 Å². The van der Waals surface area contributed by atoms with Crippen LogP contribution in [0.1, 0.15) is 27.2 Å². The molecular weight excluding hydrogens is 275 g/mol. The maximum atomic E-state index is 13.9. The van der Waals surface area contributed by atoms with Crippen LogP contribution in [-0.2, 0) is 9.59 Å². The third-order valence-corrected chi connectivity index (χ3v) is 3.60. The number of amides is 2. The number of benzene rings is 1. The molecule has 0 aromatic heterocycles. The van der Waals surface area contributed by atoms with Crippen LogP contribution in [0.25, 0.3) is 0 Å². The van der Waals surface area contributed by atoms with Gasteiger partial charge in [0.25, 0.3) is 5.91 Å². The van der Waals surface area contributed by atoms with Gasteiger partial charge in [0.1, 0.15) is 11.6 Å². The molecule has 5 nitrogen and oxygen atoms in total. The van der Waals surface area contributed by atoms with E-state index in [1.807, 2.05) is 6.92 Å². The number of carbonyl (C=O) groups excluding carboxylic acids is 2. The summed E-state index contributed by atoms with van der Waals surface area (Å²) in [6.07, 6.45) is 0.446. The van der Waals surface area contributed by atoms with Gasteiger partial charge in [0.2, 0.25) is 5.91 Å². The van der Waals surface area contributed by atoms with Gasteiger partial charge in [-0.2, -0.15) is 0 Å². The summed E-state index contributed by atoms with van der Waals surface area (Å²) in [6.45, 7) is 5.07. The van der Waals surface area contributed by atoms with Crippen LogP contribution in [0.4, 0.5) is 10.1 Å². The van der Waals surface area contributed by atoms with Crippen molar-refractivity contribution >= 4 is 17.5 Å². The lowest BCUT2D eigenvalue weighted by Gasteiger charge is -2.42. The van der Waals surface area contributed by atoms with Crippen molar-refractivity contribution in [2.75, 3.05) is 12.0 Å². The highest BCUT2D eigenvalue weighted by Gasteiger charge is 2.45. The third kappa shape index (κ3) is 2.57. The van der Waals surface area contributed by atoms with Gasteiger partial charge >= 0.3 is 0 Å². The summed E-state index contributed by atoms with van der Waals surface area (Å²) in [6, 6.07) is 3.60. The Hall–Kier alpha value is -2.11. The van der Waals surface area contributed by atoms with Crippen LogP contribution in [0, 0.1) is 5.82 Å². The van der Waals surface area contributed by atoms with Crippen LogP contribution in [-0.4, -0.2) is 30.5 Å². The van der Waals surface area contributed by atoms with E-state index in [1.165, 1.54) is 24.1 Å². The summed E-state index contributed by atoms with van der Waals surface area (Å²) < 4.78 is 18.8. The normalized spacial score (nSPS) is 21.2. The van der Waals surface area contributed by atoms with E-state index >= 15 is 0 Å². The van der Waals surface area contributed by atoms with Crippen LogP contribution in [0.2, 0.25) is 0 Å². The summed E-state index contributed by atoms with van der Waals surface area (Å²) in [5, 5.41) is 2.69. The molecule has 6 heteroatoms. The number of hydrogen-bond acceptors (Lipinski definition) is 3. The molecule has 0 aliphatic carbocycles. The molecule has 1 saturated heterocycles. The molecule has 1 aliphatic rings. The van der Waals surface area contributed by atoms with Crippen molar-refractivity contribution in [1.29, 1.82) is 0 Å². The van der Waals surface area contributed by atoms with E-state index in [0.717, 1.165) is 0 Å². The van der Waals surface area contributed by atoms with Gasteiger partial charge in [0, 0.05) is 11.8 Å². The number of nitrogens with zero attached hydrogens (tertiary/aromatic N) is 1. The molecule has 2 rings (SSSR count). The van der Waals surface area contributed by atoms with Gasteiger partial charge in [-0.15, -0.1) is 0 Å². The molecule has 1 N–H and O–H groups in total. The summed E-state index contributed by atoms with van der Waals surface area (Å²) >= 11 is 0. The van der Waals surface area contributed by atoms with Gasteiger partial charge < -0.3 is 10.1 Å². The monoisotopic (exact) mass is 294 g/mol. The number of carbonyl (C=O) groups is 2. The molecule has 1 aromatic rings. The van der Waals surface area contributed by atoms with Gasteiger partial charge in [-0.3, -0.25) is 14.5 Å².